The number of fused-ring (bicyclic) bond motifs is 1. The Hall–Kier alpha value is -3.69. The molecule has 8 nitrogen and oxygen atoms in total. The summed E-state index contributed by atoms with van der Waals surface area (Å²) in [5.74, 6) is 0.596. The van der Waals surface area contributed by atoms with Crippen LogP contribution in [0.2, 0.25) is 5.02 Å². The first-order valence-corrected chi connectivity index (χ1v) is 12.3. The smallest absolute Gasteiger partial charge is 0.294 e. The van der Waals surface area contributed by atoms with Crippen molar-refractivity contribution in [1.82, 2.24) is 15.0 Å². The van der Waals surface area contributed by atoms with Gasteiger partial charge in [-0.3, -0.25) is 0 Å². The van der Waals surface area contributed by atoms with E-state index in [9.17, 15) is 10.2 Å². The Morgan fingerprint density at radius 1 is 1.00 bits per heavy atom. The number of ether oxygens (including phenoxy) is 2. The third-order valence-electron chi connectivity index (χ3n) is 6.53. The highest BCUT2D eigenvalue weighted by molar-refractivity contribution is 6.34. The molecule has 9 heteroatoms. The third-order valence-corrected chi connectivity index (χ3v) is 6.84. The molecule has 3 aromatic carbocycles. The lowest BCUT2D eigenvalue weighted by Gasteiger charge is -2.31. The fraction of sp³-hybridized carbons (Fsp3) is 0.214. The van der Waals surface area contributed by atoms with Crippen LogP contribution in [0.4, 0.5) is 0 Å². The maximum absolute atomic E-state index is 10.1. The summed E-state index contributed by atoms with van der Waals surface area (Å²) in [5, 5.41) is 19.9. The van der Waals surface area contributed by atoms with Crippen molar-refractivity contribution in [2.45, 2.75) is 24.7 Å². The fourth-order valence-electron chi connectivity index (χ4n) is 4.54. The zero-order chi connectivity index (χ0) is 25.4. The molecule has 0 amide bonds. The van der Waals surface area contributed by atoms with Gasteiger partial charge in [0, 0.05) is 17.5 Å². The molecule has 3 atom stereocenters. The quantitative estimate of drug-likeness (QED) is 0.287. The van der Waals surface area contributed by atoms with Gasteiger partial charge in [-0.1, -0.05) is 48.0 Å². The largest absolute Gasteiger partial charge is 0.459 e. The van der Waals surface area contributed by atoms with E-state index < -0.39 is 12.2 Å². The number of nitrogens with zero attached hydrogens (tertiary/aromatic N) is 2. The number of aliphatic hydroxyl groups is 2. The molecule has 6 rings (SSSR count). The second-order valence-corrected chi connectivity index (χ2v) is 9.39. The predicted molar refractivity (Wildman–Crippen MR) is 139 cm³/mol. The van der Waals surface area contributed by atoms with Crippen molar-refractivity contribution in [3.63, 3.8) is 0 Å². The van der Waals surface area contributed by atoms with Gasteiger partial charge in [0.2, 0.25) is 5.89 Å². The van der Waals surface area contributed by atoms with Gasteiger partial charge in [0.15, 0.2) is 0 Å². The number of imidazole rings is 1. The highest BCUT2D eigenvalue weighted by atomic mass is 35.5. The van der Waals surface area contributed by atoms with Crippen molar-refractivity contribution in [2.24, 2.45) is 0 Å². The van der Waals surface area contributed by atoms with Gasteiger partial charge in [0.25, 0.3) is 6.01 Å². The summed E-state index contributed by atoms with van der Waals surface area (Å²) in [6, 6.07) is 20.3. The van der Waals surface area contributed by atoms with E-state index in [1.807, 2.05) is 48.5 Å². The number of oxazole rings is 1. The summed E-state index contributed by atoms with van der Waals surface area (Å²) in [7, 11) is 0. The van der Waals surface area contributed by atoms with Crippen LogP contribution in [0.1, 0.15) is 6.42 Å². The van der Waals surface area contributed by atoms with Crippen LogP contribution in [-0.4, -0.2) is 56.7 Å². The molecule has 0 spiro atoms. The number of aromatic nitrogens is 3. The zero-order valence-electron chi connectivity index (χ0n) is 19.7. The summed E-state index contributed by atoms with van der Waals surface area (Å²) in [5.41, 5.74) is 6.38. The number of nitrogens with one attached hydrogen (secondary N) is 1. The number of hydrogen-bond donors (Lipinski definition) is 3. The molecule has 1 saturated heterocycles. The first-order chi connectivity index (χ1) is 18.1. The van der Waals surface area contributed by atoms with Gasteiger partial charge in [0.1, 0.15) is 18.5 Å². The molecule has 1 fully saturated rings. The van der Waals surface area contributed by atoms with E-state index in [0.29, 0.717) is 28.9 Å². The van der Waals surface area contributed by atoms with Crippen LogP contribution in [0.25, 0.3) is 44.7 Å². The van der Waals surface area contributed by atoms with Gasteiger partial charge >= 0.3 is 0 Å². The van der Waals surface area contributed by atoms with Crippen LogP contribution in [0.3, 0.4) is 0 Å². The lowest BCUT2D eigenvalue weighted by molar-refractivity contribution is -0.131. The molecular weight excluding hydrogens is 494 g/mol. The minimum atomic E-state index is -0.789. The Balaban J connectivity index is 1.20. The van der Waals surface area contributed by atoms with E-state index in [-0.39, 0.29) is 19.3 Å². The number of rotatable bonds is 6. The van der Waals surface area contributed by atoms with Crippen LogP contribution in [0.5, 0.6) is 6.01 Å². The maximum atomic E-state index is 10.1. The molecule has 0 bridgehead atoms. The number of halogens is 1. The molecule has 37 heavy (non-hydrogen) atoms. The molecule has 1 aliphatic heterocycles. The summed E-state index contributed by atoms with van der Waals surface area (Å²) < 4.78 is 16.7. The molecule has 3 heterocycles. The van der Waals surface area contributed by atoms with E-state index in [1.54, 1.807) is 12.5 Å². The summed E-state index contributed by atoms with van der Waals surface area (Å²) in [4.78, 5) is 11.9. The molecule has 5 aromatic rings. The Morgan fingerprint density at radius 3 is 2.35 bits per heavy atom. The summed E-state index contributed by atoms with van der Waals surface area (Å²) in [6.45, 7) is 0.0384. The van der Waals surface area contributed by atoms with E-state index in [4.69, 9.17) is 25.5 Å². The Kier molecular flexibility index (Phi) is 6.40. The second-order valence-electron chi connectivity index (χ2n) is 8.98. The van der Waals surface area contributed by atoms with Crippen LogP contribution in [0.15, 0.2) is 77.5 Å². The minimum Gasteiger partial charge on any atom is -0.459 e. The fourth-order valence-corrected chi connectivity index (χ4v) is 4.82. The average molecular weight is 518 g/mol. The molecular formula is C28H24ClN3O5. The SMILES string of the molecule is OC[C@H]1OC[C@H](Oc2nc3cc(-c4ccc(-c5ccc(-c6ncco6)cc5)cc4)c(Cl)cc3[nH]2)C[C@@H]1O. The Morgan fingerprint density at radius 2 is 1.70 bits per heavy atom. The molecule has 2 aromatic heterocycles. The zero-order valence-corrected chi connectivity index (χ0v) is 20.4. The topological polar surface area (TPSA) is 114 Å². The number of benzene rings is 3. The third kappa shape index (κ3) is 4.84. The van der Waals surface area contributed by atoms with Crippen molar-refractivity contribution < 1.29 is 24.1 Å². The lowest BCUT2D eigenvalue weighted by Crippen LogP contribution is -2.45. The van der Waals surface area contributed by atoms with Crippen LogP contribution < -0.4 is 4.74 Å². The van der Waals surface area contributed by atoms with Gasteiger partial charge in [0.05, 0.1) is 41.6 Å². The highest BCUT2D eigenvalue weighted by Gasteiger charge is 2.31. The van der Waals surface area contributed by atoms with E-state index in [0.717, 1.165) is 33.3 Å². The Bertz CT molecular complexity index is 1500. The molecule has 188 valence electrons. The van der Waals surface area contributed by atoms with E-state index in [1.165, 1.54) is 0 Å². The number of hydrogen-bond acceptors (Lipinski definition) is 7. The average Bonchev–Trinajstić information content (AvgIpc) is 3.59. The normalized spacial score (nSPS) is 19.8. The molecule has 1 aliphatic rings. The first kappa shape index (κ1) is 23.7. The van der Waals surface area contributed by atoms with E-state index in [2.05, 4.69) is 27.1 Å². The van der Waals surface area contributed by atoms with E-state index >= 15 is 0 Å². The van der Waals surface area contributed by atoms with Crippen molar-refractivity contribution in [2.75, 3.05) is 13.2 Å². The van der Waals surface area contributed by atoms with Gasteiger partial charge < -0.3 is 29.1 Å². The highest BCUT2D eigenvalue weighted by Crippen LogP contribution is 2.34. The molecule has 3 N–H and O–H groups in total. The number of H-pyrrole nitrogens is 1. The molecule has 0 unspecified atom stereocenters. The predicted octanol–water partition coefficient (Wildman–Crippen LogP) is 5.09. The van der Waals surface area contributed by atoms with Gasteiger partial charge in [-0.15, -0.1) is 0 Å². The number of aliphatic hydroxyl groups excluding tert-OH is 2. The van der Waals surface area contributed by atoms with Crippen molar-refractivity contribution >= 4 is 22.6 Å². The maximum Gasteiger partial charge on any atom is 0.294 e. The minimum absolute atomic E-state index is 0.226. The molecule has 0 aliphatic carbocycles. The van der Waals surface area contributed by atoms with Gasteiger partial charge in [-0.05, 0) is 41.0 Å². The van der Waals surface area contributed by atoms with Crippen LogP contribution >= 0.6 is 11.6 Å². The first-order valence-electron chi connectivity index (χ1n) is 11.9. The molecule has 0 saturated carbocycles. The summed E-state index contributed by atoms with van der Waals surface area (Å²) >= 11 is 6.63. The van der Waals surface area contributed by atoms with Crippen molar-refractivity contribution in [1.29, 1.82) is 0 Å². The van der Waals surface area contributed by atoms with Crippen LogP contribution in [-0.2, 0) is 4.74 Å². The summed E-state index contributed by atoms with van der Waals surface area (Å²) in [6.07, 6.45) is 1.80. The van der Waals surface area contributed by atoms with Gasteiger partial charge in [-0.2, -0.15) is 4.98 Å². The number of aromatic amines is 1. The van der Waals surface area contributed by atoms with Crippen molar-refractivity contribution in [3.05, 3.63) is 78.1 Å². The van der Waals surface area contributed by atoms with Crippen LogP contribution in [0, 0.1) is 0 Å². The molecule has 0 radical (unpaired) electrons. The monoisotopic (exact) mass is 517 g/mol. The Labute approximate surface area is 217 Å². The van der Waals surface area contributed by atoms with Gasteiger partial charge in [-0.25, -0.2) is 4.98 Å². The van der Waals surface area contributed by atoms with Crippen molar-refractivity contribution in [3.8, 4) is 39.7 Å². The lowest BCUT2D eigenvalue weighted by atomic mass is 9.99. The standard InChI is InChI=1S/C28H24ClN3O5/c29-22-13-24-23(31-28(32-24)37-20-11-25(34)26(14-33)36-15-20)12-21(22)18-5-1-16(2-6-18)17-3-7-19(8-4-17)27-30-9-10-35-27/h1-10,12-13,20,25-26,33-34H,11,14-15H2,(H,31,32)/t20-,25+,26-/m1/s1. The second kappa shape index (κ2) is 9.99.